The van der Waals surface area contributed by atoms with E-state index in [1.54, 1.807) is 24.2 Å². The summed E-state index contributed by atoms with van der Waals surface area (Å²) in [6, 6.07) is 14.1. The molecule has 0 fully saturated rings. The third-order valence-corrected chi connectivity index (χ3v) is 5.65. The zero-order valence-corrected chi connectivity index (χ0v) is 24.6. The molecule has 1 aliphatic rings. The minimum atomic E-state index is 0. The molecule has 3 aromatic rings. The fourth-order valence-corrected chi connectivity index (χ4v) is 4.16. The molecule has 0 spiro atoms. The maximum absolute atomic E-state index is 2.42. The van der Waals surface area contributed by atoms with Crippen molar-refractivity contribution in [2.45, 2.75) is 72.6 Å². The van der Waals surface area contributed by atoms with Gasteiger partial charge in [0.2, 0.25) is 0 Å². The fraction of sp³-hybridized carbons (Fsp3) is 0.379. The van der Waals surface area contributed by atoms with Crippen molar-refractivity contribution >= 4 is 30.3 Å². The van der Waals surface area contributed by atoms with E-state index < -0.39 is 0 Å². The Kier molecular flexibility index (Phi) is 10.1. The summed E-state index contributed by atoms with van der Waals surface area (Å²) in [5.74, 6) is 0. The van der Waals surface area contributed by atoms with Crippen LogP contribution in [0.25, 0.3) is 27.1 Å². The van der Waals surface area contributed by atoms with Crippen LogP contribution >= 0.6 is 0 Å². The molecule has 170 valence electrons. The molecule has 0 radical (unpaired) electrons. The molecule has 0 bridgehead atoms. The maximum atomic E-state index is 2.42. The quantitative estimate of drug-likeness (QED) is 0.412. The van der Waals surface area contributed by atoms with E-state index in [1.807, 2.05) is 0 Å². The van der Waals surface area contributed by atoms with Crippen LogP contribution < -0.4 is 24.8 Å². The Morgan fingerprint density at radius 3 is 1.97 bits per heavy atom. The van der Waals surface area contributed by atoms with Crippen molar-refractivity contribution in [1.82, 2.24) is 0 Å². The first-order valence-electron chi connectivity index (χ1n) is 10.9. The van der Waals surface area contributed by atoms with Crippen molar-refractivity contribution in [3.63, 3.8) is 0 Å². The number of hydrogen-bond acceptors (Lipinski definition) is 0. The minimum Gasteiger partial charge on any atom is -1.00 e. The Morgan fingerprint density at radius 2 is 1.47 bits per heavy atom. The van der Waals surface area contributed by atoms with Gasteiger partial charge in [-0.05, 0) is 17.3 Å². The van der Waals surface area contributed by atoms with Gasteiger partial charge >= 0.3 is 41.3 Å². The first kappa shape index (κ1) is 29.2. The molecule has 3 aromatic carbocycles. The van der Waals surface area contributed by atoms with Gasteiger partial charge in [-0.1, -0.05) is 106 Å². The molecule has 0 saturated carbocycles. The average molecular weight is 546 g/mol. The Bertz CT molecular complexity index is 1160. The third kappa shape index (κ3) is 6.37. The number of benzene rings is 2. The van der Waals surface area contributed by atoms with Crippen molar-refractivity contribution in [2.75, 3.05) is 0 Å². The van der Waals surface area contributed by atoms with Gasteiger partial charge in [0.05, 0.1) is 0 Å². The van der Waals surface area contributed by atoms with E-state index in [4.69, 9.17) is 0 Å². The van der Waals surface area contributed by atoms with Gasteiger partial charge in [0.1, 0.15) is 0 Å². The number of halogens is 2. The molecule has 0 heterocycles. The average Bonchev–Trinajstić information content (AvgIpc) is 3.25. The first-order chi connectivity index (χ1) is 13.9. The van der Waals surface area contributed by atoms with Crippen LogP contribution in [0.15, 0.2) is 54.6 Å². The van der Waals surface area contributed by atoms with Gasteiger partial charge in [0.15, 0.2) is 0 Å². The summed E-state index contributed by atoms with van der Waals surface area (Å²) >= 11 is 1.55. The molecule has 4 rings (SSSR count). The van der Waals surface area contributed by atoms with Gasteiger partial charge in [-0.3, -0.25) is 0 Å². The predicted molar refractivity (Wildman–Crippen MR) is 133 cm³/mol. The minimum absolute atomic E-state index is 0. The van der Waals surface area contributed by atoms with Crippen molar-refractivity contribution < 1.29 is 49.0 Å². The summed E-state index contributed by atoms with van der Waals surface area (Å²) in [6.45, 7) is 18.1. The topological polar surface area (TPSA) is 0 Å². The van der Waals surface area contributed by atoms with Crippen LogP contribution in [0.2, 0.25) is 0 Å². The molecule has 32 heavy (non-hydrogen) atoms. The number of hydrogen-bond donors (Lipinski definition) is 0. The second-order valence-electron chi connectivity index (χ2n) is 10.7. The van der Waals surface area contributed by atoms with E-state index in [1.165, 1.54) is 47.0 Å². The van der Waals surface area contributed by atoms with Crippen molar-refractivity contribution in [2.24, 2.45) is 0 Å². The normalized spacial score (nSPS) is 13.2. The van der Waals surface area contributed by atoms with E-state index in [-0.39, 0.29) is 35.6 Å². The second kappa shape index (κ2) is 11.0. The summed E-state index contributed by atoms with van der Waals surface area (Å²) < 4.78 is 1.51. The molecule has 0 aromatic heterocycles. The van der Waals surface area contributed by atoms with E-state index >= 15 is 0 Å². The fourth-order valence-electron chi connectivity index (χ4n) is 4.16. The van der Waals surface area contributed by atoms with E-state index in [9.17, 15) is 0 Å². The first-order valence-corrected chi connectivity index (χ1v) is 12.2. The van der Waals surface area contributed by atoms with Crippen LogP contribution in [0.5, 0.6) is 0 Å². The van der Waals surface area contributed by atoms with Gasteiger partial charge in [-0.2, -0.15) is 0 Å². The monoisotopic (exact) mass is 543 g/mol. The molecule has 0 nitrogen and oxygen atoms in total. The standard InChI is InChI=1S/C26H29.C3H6.2ClH.Zr/c1-25(2,3)19-11-12-20-18(15-19)16-22-21(20)13-14-23(26(4,5)6)24(22)17-9-7-8-10-17;1-3-2;;;/h7-9,11-16H,10H2,1-6H3;1-2H3;2*1H;/q-1;;;;+2/p-2. The van der Waals surface area contributed by atoms with Crippen LogP contribution in [0.4, 0.5) is 0 Å². The third-order valence-electron chi connectivity index (χ3n) is 5.65. The van der Waals surface area contributed by atoms with Crippen LogP contribution in [0.1, 0.15) is 78.5 Å². The van der Waals surface area contributed by atoms with Gasteiger partial charge in [-0.25, -0.2) is 0 Å². The molecule has 1 aliphatic carbocycles. The van der Waals surface area contributed by atoms with Crippen molar-refractivity contribution in [1.29, 1.82) is 0 Å². The number of allylic oxidation sites excluding steroid dienone is 4. The smallest absolute Gasteiger partial charge is 1.00 e. The zero-order valence-electron chi connectivity index (χ0n) is 20.7. The van der Waals surface area contributed by atoms with E-state index in [0.29, 0.717) is 0 Å². The largest absolute Gasteiger partial charge is 1.00 e. The van der Waals surface area contributed by atoms with Crippen molar-refractivity contribution in [3.8, 4) is 0 Å². The van der Waals surface area contributed by atoms with Gasteiger partial charge in [0, 0.05) is 0 Å². The Balaban J connectivity index is 0.000000790. The molecule has 0 saturated heterocycles. The van der Waals surface area contributed by atoms with Crippen LogP contribution in [0.3, 0.4) is 0 Å². The molecular formula is C29H35Cl2Zr-. The van der Waals surface area contributed by atoms with Crippen LogP contribution in [-0.4, -0.2) is 3.21 Å². The molecule has 0 unspecified atom stereocenters. The molecule has 3 heteroatoms. The van der Waals surface area contributed by atoms with Crippen molar-refractivity contribution in [3.05, 3.63) is 71.3 Å². The van der Waals surface area contributed by atoms with E-state index in [2.05, 4.69) is 110 Å². The molecule has 0 aliphatic heterocycles. The summed E-state index contributed by atoms with van der Waals surface area (Å²) in [5, 5.41) is 5.54. The summed E-state index contributed by atoms with van der Waals surface area (Å²) in [7, 11) is 0. The van der Waals surface area contributed by atoms with Gasteiger partial charge in [-0.15, -0.1) is 33.7 Å². The summed E-state index contributed by atoms with van der Waals surface area (Å²) in [4.78, 5) is 0. The molecule has 0 atom stereocenters. The Labute approximate surface area is 222 Å². The maximum Gasteiger partial charge on any atom is -1.00 e. The Morgan fingerprint density at radius 1 is 0.875 bits per heavy atom. The van der Waals surface area contributed by atoms with Crippen LogP contribution in [0, 0.1) is 0 Å². The SMILES string of the molecule is CC(C)(C)c1ccc2c(c1)[cH-]c1c(C3=CC=CC3)c(C(C)(C)C)ccc12.C[C](C)=[Zr+2].[Cl-].[Cl-]. The molecule has 0 amide bonds. The molecule has 0 N–H and O–H groups in total. The number of rotatable bonds is 1. The molecular weight excluding hydrogens is 510 g/mol. The summed E-state index contributed by atoms with van der Waals surface area (Å²) in [5.41, 5.74) is 6.06. The zero-order chi connectivity index (χ0) is 22.3. The van der Waals surface area contributed by atoms with Crippen LogP contribution in [-0.2, 0) is 35.1 Å². The Hall–Kier alpha value is -0.877. The van der Waals surface area contributed by atoms with Gasteiger partial charge in [0.25, 0.3) is 0 Å². The van der Waals surface area contributed by atoms with E-state index in [0.717, 1.165) is 6.42 Å². The second-order valence-corrected chi connectivity index (χ2v) is 13.2. The number of fused-ring (bicyclic) bond motifs is 3. The predicted octanol–water partition coefficient (Wildman–Crippen LogP) is 2.40. The van der Waals surface area contributed by atoms with Gasteiger partial charge < -0.3 is 24.8 Å². The summed E-state index contributed by atoms with van der Waals surface area (Å²) in [6.07, 6.45) is 7.79.